The summed E-state index contributed by atoms with van der Waals surface area (Å²) in [6.07, 6.45) is 4.33. The van der Waals surface area contributed by atoms with Crippen molar-refractivity contribution in [2.24, 2.45) is 22.7 Å². The van der Waals surface area contributed by atoms with E-state index in [1.807, 2.05) is 0 Å². The summed E-state index contributed by atoms with van der Waals surface area (Å²) in [6.45, 7) is 11.2. The van der Waals surface area contributed by atoms with Crippen molar-refractivity contribution in [3.05, 3.63) is 34.7 Å². The lowest BCUT2D eigenvalue weighted by Crippen LogP contribution is -2.52. The zero-order valence-corrected chi connectivity index (χ0v) is 23.6. The highest BCUT2D eigenvalue weighted by Gasteiger charge is 2.54. The zero-order chi connectivity index (χ0) is 29.4. The van der Waals surface area contributed by atoms with Gasteiger partial charge in [0.05, 0.1) is 23.6 Å². The quantitative estimate of drug-likeness (QED) is 0.176. The molecule has 3 aliphatic rings. The van der Waals surface area contributed by atoms with Crippen molar-refractivity contribution in [2.75, 3.05) is 0 Å². The van der Waals surface area contributed by atoms with Gasteiger partial charge in [-0.1, -0.05) is 32.4 Å². The number of aliphatic hydroxyl groups is 2. The molecule has 3 aliphatic carbocycles. The summed E-state index contributed by atoms with van der Waals surface area (Å²) in [4.78, 5) is 50.9. The van der Waals surface area contributed by atoms with Crippen LogP contribution in [0.15, 0.2) is 34.7 Å². The third-order valence-corrected chi connectivity index (χ3v) is 9.60. The number of aliphatic hydroxyl groups excluding tert-OH is 2. The van der Waals surface area contributed by atoms with Crippen molar-refractivity contribution in [1.29, 1.82) is 0 Å². The summed E-state index contributed by atoms with van der Waals surface area (Å²) in [6, 6.07) is -3.08. The van der Waals surface area contributed by atoms with Crippen LogP contribution in [0.2, 0.25) is 0 Å². The van der Waals surface area contributed by atoms with E-state index in [1.165, 1.54) is 19.4 Å². The van der Waals surface area contributed by atoms with Gasteiger partial charge in [-0.05, 0) is 75.5 Å². The Morgan fingerprint density at radius 3 is 2.13 bits per heavy atom. The number of nitrogens with one attached hydrogen (secondary N) is 2. The Morgan fingerprint density at radius 1 is 1.03 bits per heavy atom. The van der Waals surface area contributed by atoms with Crippen LogP contribution in [-0.4, -0.2) is 68.2 Å². The number of carbonyl (C=O) groups excluding carboxylic acids is 2. The number of hydrogen-bond acceptors (Lipinski definition) is 8. The van der Waals surface area contributed by atoms with Gasteiger partial charge in [0.2, 0.25) is 11.6 Å². The van der Waals surface area contributed by atoms with Crippen LogP contribution in [0.1, 0.15) is 73.6 Å². The Bertz CT molecular complexity index is 1140. The predicted molar refractivity (Wildman–Crippen MR) is 143 cm³/mol. The molecule has 0 aliphatic heterocycles. The molecule has 39 heavy (non-hydrogen) atoms. The van der Waals surface area contributed by atoms with Crippen LogP contribution in [0.25, 0.3) is 0 Å². The minimum atomic E-state index is -1.54. The van der Waals surface area contributed by atoms with E-state index in [0.717, 1.165) is 31.8 Å². The molecule has 0 heterocycles. The third-order valence-electron chi connectivity index (χ3n) is 9.60. The molecule has 1 fully saturated rings. The number of ketones is 2. The molecule has 1 saturated carbocycles. The van der Waals surface area contributed by atoms with Crippen molar-refractivity contribution in [3.63, 3.8) is 0 Å². The van der Waals surface area contributed by atoms with Gasteiger partial charge in [0, 0.05) is 11.6 Å². The van der Waals surface area contributed by atoms with Crippen molar-refractivity contribution in [2.45, 2.75) is 97.9 Å². The molecule has 10 nitrogen and oxygen atoms in total. The van der Waals surface area contributed by atoms with E-state index in [2.05, 4.69) is 44.4 Å². The van der Waals surface area contributed by atoms with Gasteiger partial charge < -0.3 is 31.1 Å². The SMILES string of the molecule is CC1=CCC[C@H]2[C@](C)(CC3=C(N[C@H](C(=O)O)[C@@H](C)O)C(=O)C=C(N[C@H](C(=O)O)[C@@H](C)O)C3=O)[C@@H](C)CC[C@]12C. The fraction of sp³-hybridized carbons (Fsp3) is 0.655. The summed E-state index contributed by atoms with van der Waals surface area (Å²) in [5, 5.41) is 44.4. The highest BCUT2D eigenvalue weighted by atomic mass is 16.4. The van der Waals surface area contributed by atoms with Crippen LogP contribution in [0.3, 0.4) is 0 Å². The number of Topliss-reactive ketones (excluding diaryl/α,β-unsaturated/α-hetero) is 1. The first-order valence-corrected chi connectivity index (χ1v) is 13.6. The number of carbonyl (C=O) groups is 4. The van der Waals surface area contributed by atoms with Crippen LogP contribution >= 0.6 is 0 Å². The molecule has 0 aromatic heterocycles. The van der Waals surface area contributed by atoms with Crippen molar-refractivity contribution < 1.29 is 39.6 Å². The van der Waals surface area contributed by atoms with Gasteiger partial charge in [0.1, 0.15) is 0 Å². The summed E-state index contributed by atoms with van der Waals surface area (Å²) in [5.41, 5.74) is 0.356. The van der Waals surface area contributed by atoms with Gasteiger partial charge in [-0.25, -0.2) is 9.59 Å². The van der Waals surface area contributed by atoms with Gasteiger partial charge in [0.25, 0.3) is 0 Å². The van der Waals surface area contributed by atoms with Gasteiger partial charge in [0.15, 0.2) is 12.1 Å². The zero-order valence-electron chi connectivity index (χ0n) is 23.6. The molecule has 8 atom stereocenters. The maximum absolute atomic E-state index is 13.9. The first kappa shape index (κ1) is 30.6. The molecular weight excluding hydrogens is 504 g/mol. The van der Waals surface area contributed by atoms with Gasteiger partial charge in [-0.3, -0.25) is 9.59 Å². The summed E-state index contributed by atoms with van der Waals surface area (Å²) >= 11 is 0. The Labute approximate surface area is 229 Å². The predicted octanol–water partition coefficient (Wildman–Crippen LogP) is 2.31. The van der Waals surface area contributed by atoms with E-state index in [-0.39, 0.29) is 40.6 Å². The topological polar surface area (TPSA) is 173 Å². The molecule has 0 aromatic rings. The average Bonchev–Trinajstić information content (AvgIpc) is 2.83. The molecule has 0 saturated heterocycles. The standard InChI is InChI=1S/C29H42N2O8/c1-14-8-7-9-21-28(14,5)11-10-15(2)29(21,6)13-18-24(31-23(17(4)33)27(38)39)20(34)12-19(25(18)35)30-22(16(3)32)26(36)37/h8,12,15-17,21-23,30-33H,7,9-11,13H2,1-6H3,(H,36,37)(H,38,39)/t15-,16+,17+,21+,22-,23-,28+,29+/m0/s1. The summed E-state index contributed by atoms with van der Waals surface area (Å²) < 4.78 is 0. The van der Waals surface area contributed by atoms with Crippen LogP contribution < -0.4 is 10.6 Å². The Kier molecular flexibility index (Phi) is 8.82. The van der Waals surface area contributed by atoms with Gasteiger partial charge in [-0.2, -0.15) is 0 Å². The van der Waals surface area contributed by atoms with Crippen LogP contribution in [-0.2, 0) is 19.2 Å². The number of carboxylic acid groups (broad SMARTS) is 2. The highest BCUT2D eigenvalue weighted by molar-refractivity contribution is 6.22. The molecule has 0 bridgehead atoms. The molecule has 0 spiro atoms. The molecule has 0 radical (unpaired) electrons. The Morgan fingerprint density at radius 2 is 1.59 bits per heavy atom. The van der Waals surface area contributed by atoms with E-state index in [0.29, 0.717) is 0 Å². The van der Waals surface area contributed by atoms with E-state index >= 15 is 0 Å². The lowest BCUT2D eigenvalue weighted by atomic mass is 9.46. The fourth-order valence-corrected chi connectivity index (χ4v) is 6.82. The van der Waals surface area contributed by atoms with E-state index in [1.54, 1.807) is 0 Å². The first-order chi connectivity index (χ1) is 18.0. The summed E-state index contributed by atoms with van der Waals surface area (Å²) in [7, 11) is 0. The Balaban J connectivity index is 2.12. The van der Waals surface area contributed by atoms with E-state index < -0.39 is 53.2 Å². The average molecular weight is 547 g/mol. The maximum atomic E-state index is 13.9. The van der Waals surface area contributed by atoms with Crippen molar-refractivity contribution in [1.82, 2.24) is 10.6 Å². The lowest BCUT2D eigenvalue weighted by Gasteiger charge is -2.58. The Hall–Kier alpha value is -2.98. The number of allylic oxidation sites excluding steroid dienone is 4. The molecular formula is C29H42N2O8. The molecule has 3 rings (SSSR count). The molecule has 0 amide bonds. The largest absolute Gasteiger partial charge is 0.480 e. The first-order valence-electron chi connectivity index (χ1n) is 13.6. The third kappa shape index (κ3) is 5.68. The molecule has 0 unspecified atom stereocenters. The van der Waals surface area contributed by atoms with E-state index in [4.69, 9.17) is 0 Å². The van der Waals surface area contributed by atoms with Crippen LogP contribution in [0, 0.1) is 22.7 Å². The molecule has 10 heteroatoms. The van der Waals surface area contributed by atoms with Crippen LogP contribution in [0.4, 0.5) is 0 Å². The second-order valence-corrected chi connectivity index (χ2v) is 12.1. The second-order valence-electron chi connectivity index (χ2n) is 12.1. The monoisotopic (exact) mass is 546 g/mol. The number of carboxylic acids is 2. The summed E-state index contributed by atoms with van der Waals surface area (Å²) in [5.74, 6) is -3.76. The van der Waals surface area contributed by atoms with Crippen molar-refractivity contribution >= 4 is 23.5 Å². The maximum Gasteiger partial charge on any atom is 0.328 e. The molecule has 0 aromatic carbocycles. The smallest absolute Gasteiger partial charge is 0.328 e. The number of aliphatic carboxylic acids is 2. The normalized spacial score (nSPS) is 32.3. The van der Waals surface area contributed by atoms with Gasteiger partial charge in [-0.15, -0.1) is 0 Å². The molecule has 6 N–H and O–H groups in total. The second kappa shape index (κ2) is 11.3. The van der Waals surface area contributed by atoms with Gasteiger partial charge >= 0.3 is 11.9 Å². The number of rotatable bonds is 10. The number of hydrogen-bond donors (Lipinski definition) is 6. The highest BCUT2D eigenvalue weighted by Crippen LogP contribution is 2.62. The molecule has 216 valence electrons. The number of fused-ring (bicyclic) bond motifs is 1. The van der Waals surface area contributed by atoms with E-state index in [9.17, 15) is 39.6 Å². The fourth-order valence-electron chi connectivity index (χ4n) is 6.82. The minimum absolute atomic E-state index is 0.0532. The minimum Gasteiger partial charge on any atom is -0.480 e. The van der Waals surface area contributed by atoms with Crippen LogP contribution in [0.5, 0.6) is 0 Å². The van der Waals surface area contributed by atoms with Crippen molar-refractivity contribution in [3.8, 4) is 0 Å². The lowest BCUT2D eigenvalue weighted by molar-refractivity contribution is -0.143.